The highest BCUT2D eigenvalue weighted by Crippen LogP contribution is 2.22. The van der Waals surface area contributed by atoms with Crippen molar-refractivity contribution in [1.82, 2.24) is 5.32 Å². The normalized spacial score (nSPS) is 16.1. The van der Waals surface area contributed by atoms with E-state index in [9.17, 15) is 9.59 Å². The van der Waals surface area contributed by atoms with Crippen LogP contribution in [0.5, 0.6) is 0 Å². The Morgan fingerprint density at radius 3 is 2.54 bits per heavy atom. The predicted octanol–water partition coefficient (Wildman–Crippen LogP) is 2.19. The summed E-state index contributed by atoms with van der Waals surface area (Å²) in [5, 5.41) is 6.54. The molecular weight excluding hydrogens is 350 g/mol. The third kappa shape index (κ3) is 6.96. The van der Waals surface area contributed by atoms with Gasteiger partial charge in [0.2, 0.25) is 0 Å². The van der Waals surface area contributed by atoms with Crippen molar-refractivity contribution in [3.63, 3.8) is 0 Å². The maximum atomic E-state index is 12.3. The monoisotopic (exact) mass is 380 g/mol. The zero-order valence-electron chi connectivity index (χ0n) is 15.9. The summed E-state index contributed by atoms with van der Waals surface area (Å²) in [6, 6.07) is 5.42. The molecule has 1 unspecified atom stereocenters. The van der Waals surface area contributed by atoms with Crippen molar-refractivity contribution in [2.45, 2.75) is 46.0 Å². The van der Waals surface area contributed by atoms with E-state index in [0.29, 0.717) is 17.5 Å². The van der Waals surface area contributed by atoms with Crippen molar-refractivity contribution in [3.05, 3.63) is 28.8 Å². The summed E-state index contributed by atoms with van der Waals surface area (Å²) in [5.74, 6) is 0.540. The highest BCUT2D eigenvalue weighted by Gasteiger charge is 2.19. The van der Waals surface area contributed by atoms with Crippen LogP contribution in [-0.2, 0) is 9.59 Å². The van der Waals surface area contributed by atoms with Gasteiger partial charge in [-0.15, -0.1) is 0 Å². The first-order chi connectivity index (χ1) is 12.5. The van der Waals surface area contributed by atoms with Crippen LogP contribution < -0.4 is 15.5 Å². The van der Waals surface area contributed by atoms with Gasteiger partial charge in [-0.25, -0.2) is 0 Å². The van der Waals surface area contributed by atoms with Crippen LogP contribution in [0.1, 0.15) is 44.6 Å². The Kier molecular flexibility index (Phi) is 8.39. The number of quaternary nitrogens is 1. The van der Waals surface area contributed by atoms with Gasteiger partial charge in [0.05, 0.1) is 6.54 Å². The van der Waals surface area contributed by atoms with Gasteiger partial charge in [0.15, 0.2) is 13.1 Å². The largest absolute Gasteiger partial charge is 0.351 e. The van der Waals surface area contributed by atoms with E-state index in [1.807, 2.05) is 19.9 Å². The maximum Gasteiger partial charge on any atom is 0.279 e. The van der Waals surface area contributed by atoms with E-state index >= 15 is 0 Å². The Bertz CT molecular complexity index is 615. The van der Waals surface area contributed by atoms with E-state index < -0.39 is 0 Å². The molecule has 2 amide bonds. The second-order valence-corrected chi connectivity index (χ2v) is 7.71. The quantitative estimate of drug-likeness (QED) is 0.647. The third-order valence-corrected chi connectivity index (χ3v) is 5.34. The fourth-order valence-electron chi connectivity index (χ4n) is 3.40. The van der Waals surface area contributed by atoms with E-state index in [1.165, 1.54) is 32.1 Å². The Balaban J connectivity index is 1.77. The smallest absolute Gasteiger partial charge is 0.279 e. The molecule has 1 aliphatic rings. The lowest BCUT2D eigenvalue weighted by atomic mass is 9.89. The second-order valence-electron chi connectivity index (χ2n) is 7.27. The minimum Gasteiger partial charge on any atom is -0.351 e. The molecule has 0 bridgehead atoms. The van der Waals surface area contributed by atoms with Gasteiger partial charge >= 0.3 is 0 Å². The average Bonchev–Trinajstić information content (AvgIpc) is 2.63. The highest BCUT2D eigenvalue weighted by atomic mass is 35.5. The van der Waals surface area contributed by atoms with Gasteiger partial charge in [0.25, 0.3) is 11.8 Å². The number of carbonyl (C=O) groups is 2. The fourth-order valence-corrected chi connectivity index (χ4v) is 3.57. The number of nitrogens with one attached hydrogen (secondary N) is 3. The van der Waals surface area contributed by atoms with E-state index in [0.717, 1.165) is 29.2 Å². The lowest BCUT2D eigenvalue weighted by Gasteiger charge is -2.22. The van der Waals surface area contributed by atoms with E-state index in [2.05, 4.69) is 10.6 Å². The van der Waals surface area contributed by atoms with Crippen molar-refractivity contribution in [2.24, 2.45) is 5.92 Å². The Labute approximate surface area is 161 Å². The number of hydrogen-bond acceptors (Lipinski definition) is 2. The van der Waals surface area contributed by atoms with Crippen molar-refractivity contribution in [3.8, 4) is 0 Å². The molecule has 0 heterocycles. The zero-order valence-corrected chi connectivity index (χ0v) is 16.6. The van der Waals surface area contributed by atoms with Crippen LogP contribution in [0.4, 0.5) is 5.69 Å². The first-order valence-electron chi connectivity index (χ1n) is 9.64. The predicted molar refractivity (Wildman–Crippen MR) is 106 cm³/mol. The molecule has 0 aromatic heterocycles. The summed E-state index contributed by atoms with van der Waals surface area (Å²) >= 11 is 5.99. The SMILES string of the molecule is CC[NH+](CC(=O)NCC1CCCCC1)CC(=O)Nc1cc(Cl)ccc1C. The zero-order chi connectivity index (χ0) is 18.9. The minimum absolute atomic E-state index is 0.0270. The fraction of sp³-hybridized carbons (Fsp3) is 0.600. The molecule has 1 fully saturated rings. The number of benzene rings is 1. The standard InChI is InChI=1S/C20H30ClN3O2/c1-3-24(13-19(25)22-12-16-7-5-4-6-8-16)14-20(26)23-18-11-17(21)10-9-15(18)2/h9-11,16H,3-8,12-14H2,1-2H3,(H,22,25)(H,23,26)/p+1. The molecule has 6 heteroatoms. The summed E-state index contributed by atoms with van der Waals surface area (Å²) in [6.07, 6.45) is 6.30. The number of carbonyl (C=O) groups excluding carboxylic acids is 2. The first kappa shape index (κ1) is 20.7. The van der Waals surface area contributed by atoms with Crippen molar-refractivity contribution in [2.75, 3.05) is 31.5 Å². The number of likely N-dealkylation sites (N-methyl/N-ethyl adjacent to an activating group) is 1. The van der Waals surface area contributed by atoms with Gasteiger partial charge in [0.1, 0.15) is 0 Å². The van der Waals surface area contributed by atoms with Gasteiger partial charge in [-0.05, 0) is 50.3 Å². The summed E-state index contributed by atoms with van der Waals surface area (Å²) in [7, 11) is 0. The van der Waals surface area contributed by atoms with Crippen LogP contribution in [0.25, 0.3) is 0 Å². The van der Waals surface area contributed by atoms with Crippen LogP contribution in [0.2, 0.25) is 5.02 Å². The maximum absolute atomic E-state index is 12.3. The lowest BCUT2D eigenvalue weighted by Crippen LogP contribution is -3.14. The Morgan fingerprint density at radius 2 is 1.85 bits per heavy atom. The van der Waals surface area contributed by atoms with Gasteiger partial charge in [-0.1, -0.05) is 36.9 Å². The summed E-state index contributed by atoms with van der Waals surface area (Å²) in [5.41, 5.74) is 1.69. The second kappa shape index (κ2) is 10.5. The van der Waals surface area contributed by atoms with Crippen molar-refractivity contribution >= 4 is 29.1 Å². The van der Waals surface area contributed by atoms with E-state index in [1.54, 1.807) is 12.1 Å². The molecule has 5 nitrogen and oxygen atoms in total. The van der Waals surface area contributed by atoms with Gasteiger partial charge in [-0.2, -0.15) is 0 Å². The first-order valence-corrected chi connectivity index (χ1v) is 10.0. The average molecular weight is 381 g/mol. The van der Waals surface area contributed by atoms with Crippen LogP contribution in [-0.4, -0.2) is 38.0 Å². The number of aryl methyl sites for hydroxylation is 1. The van der Waals surface area contributed by atoms with Crippen molar-refractivity contribution in [1.29, 1.82) is 0 Å². The van der Waals surface area contributed by atoms with Crippen LogP contribution in [0, 0.1) is 12.8 Å². The van der Waals surface area contributed by atoms with Crippen LogP contribution in [0.15, 0.2) is 18.2 Å². The number of halogens is 1. The number of anilines is 1. The van der Waals surface area contributed by atoms with Gasteiger partial charge < -0.3 is 15.5 Å². The molecule has 1 aliphatic carbocycles. The lowest BCUT2D eigenvalue weighted by molar-refractivity contribution is -0.881. The van der Waals surface area contributed by atoms with Gasteiger partial charge in [0, 0.05) is 17.3 Å². The topological polar surface area (TPSA) is 62.6 Å². The van der Waals surface area contributed by atoms with E-state index in [-0.39, 0.29) is 18.4 Å². The summed E-state index contributed by atoms with van der Waals surface area (Å²) in [6.45, 7) is 5.99. The van der Waals surface area contributed by atoms with Crippen molar-refractivity contribution < 1.29 is 14.5 Å². The van der Waals surface area contributed by atoms with Crippen LogP contribution >= 0.6 is 11.6 Å². The molecule has 1 aromatic carbocycles. The molecule has 0 spiro atoms. The molecule has 3 N–H and O–H groups in total. The molecule has 0 saturated heterocycles. The van der Waals surface area contributed by atoms with E-state index in [4.69, 9.17) is 11.6 Å². The number of amides is 2. The molecule has 1 aromatic rings. The molecule has 26 heavy (non-hydrogen) atoms. The molecule has 1 atom stereocenters. The summed E-state index contributed by atoms with van der Waals surface area (Å²) < 4.78 is 0. The molecular formula is C20H31ClN3O2+. The molecule has 144 valence electrons. The number of hydrogen-bond donors (Lipinski definition) is 3. The molecule has 2 rings (SSSR count). The number of rotatable bonds is 8. The van der Waals surface area contributed by atoms with Crippen LogP contribution in [0.3, 0.4) is 0 Å². The highest BCUT2D eigenvalue weighted by molar-refractivity contribution is 6.31. The Hall–Kier alpha value is -1.59. The van der Waals surface area contributed by atoms with Gasteiger partial charge in [-0.3, -0.25) is 9.59 Å². The minimum atomic E-state index is -0.104. The molecule has 0 aliphatic heterocycles. The molecule has 1 saturated carbocycles. The Morgan fingerprint density at radius 1 is 1.15 bits per heavy atom. The molecule has 0 radical (unpaired) electrons. The third-order valence-electron chi connectivity index (χ3n) is 5.11. The summed E-state index contributed by atoms with van der Waals surface area (Å²) in [4.78, 5) is 25.5.